The minimum Gasteiger partial charge on any atom is -0.301 e. The molecule has 0 bridgehead atoms. The molecule has 3 rings (SSSR count). The minimum absolute atomic E-state index is 0.209. The first-order valence-corrected chi connectivity index (χ1v) is 5.79. The molecule has 0 radical (unpaired) electrons. The molecule has 0 aliphatic heterocycles. The summed E-state index contributed by atoms with van der Waals surface area (Å²) >= 11 is 0. The SMILES string of the molecule is Cc1ccn2c(-c3ccccc3)cc(=O)nc2c1. The van der Waals surface area contributed by atoms with Gasteiger partial charge in [-0.3, -0.25) is 4.79 Å². The first kappa shape index (κ1) is 10.7. The van der Waals surface area contributed by atoms with Gasteiger partial charge in [0.1, 0.15) is 5.65 Å². The van der Waals surface area contributed by atoms with E-state index in [1.165, 1.54) is 0 Å². The molecule has 0 aliphatic rings. The zero-order chi connectivity index (χ0) is 12.5. The summed E-state index contributed by atoms with van der Waals surface area (Å²) in [7, 11) is 0. The molecule has 0 spiro atoms. The lowest BCUT2D eigenvalue weighted by atomic mass is 10.1. The molecule has 2 heterocycles. The maximum atomic E-state index is 11.7. The molecule has 0 unspecified atom stereocenters. The van der Waals surface area contributed by atoms with E-state index in [9.17, 15) is 4.79 Å². The molecule has 0 amide bonds. The Morgan fingerprint density at radius 1 is 1.06 bits per heavy atom. The molecule has 3 aromatic rings. The van der Waals surface area contributed by atoms with E-state index in [1.807, 2.05) is 60.0 Å². The van der Waals surface area contributed by atoms with Gasteiger partial charge in [-0.05, 0) is 30.2 Å². The Labute approximate surface area is 104 Å². The number of aromatic nitrogens is 2. The molecule has 0 fully saturated rings. The third-order valence-electron chi connectivity index (χ3n) is 2.90. The van der Waals surface area contributed by atoms with Crippen LogP contribution in [0.4, 0.5) is 0 Å². The molecule has 88 valence electrons. The lowest BCUT2D eigenvalue weighted by Gasteiger charge is -2.08. The second kappa shape index (κ2) is 4.11. The fourth-order valence-corrected chi connectivity index (χ4v) is 2.04. The van der Waals surface area contributed by atoms with E-state index in [-0.39, 0.29) is 5.56 Å². The molecule has 0 saturated heterocycles. The summed E-state index contributed by atoms with van der Waals surface area (Å²) in [6.45, 7) is 1.99. The molecule has 1 aromatic carbocycles. The van der Waals surface area contributed by atoms with Crippen LogP contribution < -0.4 is 5.56 Å². The highest BCUT2D eigenvalue weighted by Gasteiger charge is 2.05. The van der Waals surface area contributed by atoms with Gasteiger partial charge < -0.3 is 4.40 Å². The number of rotatable bonds is 1. The number of hydrogen-bond donors (Lipinski definition) is 0. The number of pyridine rings is 1. The van der Waals surface area contributed by atoms with Gasteiger partial charge in [-0.15, -0.1) is 0 Å². The highest BCUT2D eigenvalue weighted by molar-refractivity contribution is 5.62. The van der Waals surface area contributed by atoms with E-state index in [0.717, 1.165) is 16.8 Å². The molecule has 3 nitrogen and oxygen atoms in total. The minimum atomic E-state index is -0.209. The zero-order valence-electron chi connectivity index (χ0n) is 10.00. The lowest BCUT2D eigenvalue weighted by Crippen LogP contribution is -2.10. The quantitative estimate of drug-likeness (QED) is 0.651. The van der Waals surface area contributed by atoms with Crippen LogP contribution in [0, 0.1) is 6.92 Å². The smallest absolute Gasteiger partial charge is 0.273 e. The van der Waals surface area contributed by atoms with Crippen molar-refractivity contribution in [2.24, 2.45) is 0 Å². The highest BCUT2D eigenvalue weighted by atomic mass is 16.1. The van der Waals surface area contributed by atoms with E-state index in [2.05, 4.69) is 4.98 Å². The van der Waals surface area contributed by atoms with Crippen LogP contribution in [0.15, 0.2) is 59.5 Å². The van der Waals surface area contributed by atoms with Crippen molar-refractivity contribution in [1.29, 1.82) is 0 Å². The molecule has 0 atom stereocenters. The van der Waals surface area contributed by atoms with E-state index in [4.69, 9.17) is 0 Å². The van der Waals surface area contributed by atoms with Crippen LogP contribution in [0.1, 0.15) is 5.56 Å². The summed E-state index contributed by atoms with van der Waals surface area (Å²) in [4.78, 5) is 15.7. The van der Waals surface area contributed by atoms with Crippen molar-refractivity contribution in [2.75, 3.05) is 0 Å². The molecular formula is C15H12N2O. The molecule has 0 aliphatic carbocycles. The van der Waals surface area contributed by atoms with Gasteiger partial charge in [0.2, 0.25) is 0 Å². The van der Waals surface area contributed by atoms with Gasteiger partial charge in [0, 0.05) is 12.3 Å². The van der Waals surface area contributed by atoms with Crippen LogP contribution in [0.5, 0.6) is 0 Å². The second-order valence-corrected chi connectivity index (χ2v) is 4.28. The van der Waals surface area contributed by atoms with Gasteiger partial charge in [-0.25, -0.2) is 0 Å². The molecule has 2 aromatic heterocycles. The first-order valence-electron chi connectivity index (χ1n) is 5.79. The van der Waals surface area contributed by atoms with Gasteiger partial charge in [-0.2, -0.15) is 4.98 Å². The average Bonchev–Trinajstić information content (AvgIpc) is 2.38. The number of fused-ring (bicyclic) bond motifs is 1. The standard InChI is InChI=1S/C15H12N2O/c1-11-7-8-17-13(12-5-3-2-4-6-12)10-15(18)16-14(17)9-11/h2-10H,1H3. The predicted molar refractivity (Wildman–Crippen MR) is 71.6 cm³/mol. The monoisotopic (exact) mass is 236 g/mol. The molecular weight excluding hydrogens is 224 g/mol. The van der Waals surface area contributed by atoms with Gasteiger partial charge in [0.15, 0.2) is 0 Å². The Balaban J connectivity index is 2.39. The Morgan fingerprint density at radius 3 is 2.61 bits per heavy atom. The summed E-state index contributed by atoms with van der Waals surface area (Å²) in [5, 5.41) is 0. The van der Waals surface area contributed by atoms with Crippen molar-refractivity contribution in [3.05, 3.63) is 70.6 Å². The van der Waals surface area contributed by atoms with Crippen LogP contribution in [-0.2, 0) is 0 Å². The third kappa shape index (κ3) is 1.80. The van der Waals surface area contributed by atoms with Crippen LogP contribution in [0.2, 0.25) is 0 Å². The molecule has 3 heteroatoms. The fourth-order valence-electron chi connectivity index (χ4n) is 2.04. The van der Waals surface area contributed by atoms with Crippen molar-refractivity contribution in [3.63, 3.8) is 0 Å². The normalized spacial score (nSPS) is 10.7. The largest absolute Gasteiger partial charge is 0.301 e. The van der Waals surface area contributed by atoms with Crippen LogP contribution in [-0.4, -0.2) is 9.38 Å². The summed E-state index contributed by atoms with van der Waals surface area (Å²) in [6.07, 6.45) is 1.94. The Hall–Kier alpha value is -2.42. The predicted octanol–water partition coefficient (Wildman–Crippen LogP) is 2.67. The summed E-state index contributed by atoms with van der Waals surface area (Å²) in [5.74, 6) is 0. The maximum absolute atomic E-state index is 11.7. The third-order valence-corrected chi connectivity index (χ3v) is 2.90. The average molecular weight is 236 g/mol. The van der Waals surface area contributed by atoms with Crippen molar-refractivity contribution in [3.8, 4) is 11.3 Å². The maximum Gasteiger partial charge on any atom is 0.273 e. The van der Waals surface area contributed by atoms with Crippen molar-refractivity contribution in [1.82, 2.24) is 9.38 Å². The van der Waals surface area contributed by atoms with Gasteiger partial charge in [0.05, 0.1) is 5.69 Å². The second-order valence-electron chi connectivity index (χ2n) is 4.28. The van der Waals surface area contributed by atoms with E-state index in [1.54, 1.807) is 6.07 Å². The Bertz CT molecular complexity index is 760. The highest BCUT2D eigenvalue weighted by Crippen LogP contribution is 2.18. The topological polar surface area (TPSA) is 34.4 Å². The van der Waals surface area contributed by atoms with Crippen LogP contribution >= 0.6 is 0 Å². The number of hydrogen-bond acceptors (Lipinski definition) is 2. The number of aryl methyl sites for hydroxylation is 1. The lowest BCUT2D eigenvalue weighted by molar-refractivity contribution is 1.07. The summed E-state index contributed by atoms with van der Waals surface area (Å²) < 4.78 is 1.93. The molecule has 18 heavy (non-hydrogen) atoms. The first-order chi connectivity index (χ1) is 8.74. The van der Waals surface area contributed by atoms with Crippen LogP contribution in [0.3, 0.4) is 0 Å². The van der Waals surface area contributed by atoms with E-state index >= 15 is 0 Å². The summed E-state index contributed by atoms with van der Waals surface area (Å²) in [5.41, 5.74) is 3.44. The van der Waals surface area contributed by atoms with Crippen LogP contribution in [0.25, 0.3) is 16.9 Å². The van der Waals surface area contributed by atoms with Crippen molar-refractivity contribution >= 4 is 5.65 Å². The van der Waals surface area contributed by atoms with E-state index < -0.39 is 0 Å². The fraction of sp³-hybridized carbons (Fsp3) is 0.0667. The van der Waals surface area contributed by atoms with Gasteiger partial charge in [0.25, 0.3) is 5.56 Å². The molecule has 0 N–H and O–H groups in total. The van der Waals surface area contributed by atoms with Crippen molar-refractivity contribution in [2.45, 2.75) is 6.92 Å². The van der Waals surface area contributed by atoms with E-state index in [0.29, 0.717) is 5.65 Å². The Morgan fingerprint density at radius 2 is 1.83 bits per heavy atom. The zero-order valence-corrected chi connectivity index (χ0v) is 10.00. The molecule has 0 saturated carbocycles. The number of nitrogens with zero attached hydrogens (tertiary/aromatic N) is 2. The Kier molecular flexibility index (Phi) is 2.45. The summed E-state index contributed by atoms with van der Waals surface area (Å²) in [6, 6.07) is 15.3. The van der Waals surface area contributed by atoms with Crippen molar-refractivity contribution < 1.29 is 0 Å². The number of benzene rings is 1. The van der Waals surface area contributed by atoms with Gasteiger partial charge >= 0.3 is 0 Å². The van der Waals surface area contributed by atoms with Gasteiger partial charge in [-0.1, -0.05) is 30.3 Å².